The number of ketones is 1. The second-order valence-electron chi connectivity index (χ2n) is 3.35. The fourth-order valence-electron chi connectivity index (χ4n) is 1.54. The summed E-state index contributed by atoms with van der Waals surface area (Å²) < 4.78 is 0. The van der Waals surface area contributed by atoms with Gasteiger partial charge in [0.1, 0.15) is 0 Å². The van der Waals surface area contributed by atoms with Crippen molar-refractivity contribution < 1.29 is 4.79 Å². The topological polar surface area (TPSA) is 47.8 Å². The molecular formula is C11H11N3O. The number of aromatic nitrogens is 3. The number of rotatable bonds is 2. The number of carbonyl (C=O) groups excluding carboxylic acids is 1. The first-order valence-corrected chi connectivity index (χ1v) is 4.67. The lowest BCUT2D eigenvalue weighted by molar-refractivity contribution is 0.101. The van der Waals surface area contributed by atoms with Gasteiger partial charge in [0.2, 0.25) is 0 Å². The summed E-state index contributed by atoms with van der Waals surface area (Å²) in [6, 6.07) is 5.58. The second-order valence-corrected chi connectivity index (χ2v) is 3.35. The SMILES string of the molecule is CC(=O)c1cccc(C)c1-n1nccn1. The van der Waals surface area contributed by atoms with Gasteiger partial charge in [-0.25, -0.2) is 0 Å². The standard InChI is InChI=1S/C11H11N3O/c1-8-4-3-5-10(9(2)15)11(8)14-12-6-7-13-14/h3-7H,1-2H3. The molecule has 0 radical (unpaired) electrons. The molecule has 4 nitrogen and oxygen atoms in total. The van der Waals surface area contributed by atoms with E-state index in [0.29, 0.717) is 5.56 Å². The average Bonchev–Trinajstić information content (AvgIpc) is 2.70. The monoisotopic (exact) mass is 201 g/mol. The van der Waals surface area contributed by atoms with Crippen LogP contribution in [0.2, 0.25) is 0 Å². The van der Waals surface area contributed by atoms with Crippen molar-refractivity contribution >= 4 is 5.78 Å². The maximum Gasteiger partial charge on any atom is 0.162 e. The molecule has 4 heteroatoms. The molecule has 2 aromatic rings. The van der Waals surface area contributed by atoms with E-state index in [2.05, 4.69) is 10.2 Å². The molecule has 15 heavy (non-hydrogen) atoms. The number of hydrogen-bond acceptors (Lipinski definition) is 3. The minimum atomic E-state index is 0.0194. The number of aryl methyl sites for hydroxylation is 1. The first-order valence-electron chi connectivity index (χ1n) is 4.67. The minimum absolute atomic E-state index is 0.0194. The van der Waals surface area contributed by atoms with E-state index in [1.807, 2.05) is 19.1 Å². The summed E-state index contributed by atoms with van der Waals surface area (Å²) in [5.41, 5.74) is 2.39. The molecule has 0 fully saturated rings. The summed E-state index contributed by atoms with van der Waals surface area (Å²) in [6.45, 7) is 3.48. The van der Waals surface area contributed by atoms with Crippen LogP contribution in [0.4, 0.5) is 0 Å². The highest BCUT2D eigenvalue weighted by atomic mass is 16.1. The summed E-state index contributed by atoms with van der Waals surface area (Å²) in [6.07, 6.45) is 3.19. The fourth-order valence-corrected chi connectivity index (χ4v) is 1.54. The van der Waals surface area contributed by atoms with Crippen LogP contribution in [-0.2, 0) is 0 Å². The van der Waals surface area contributed by atoms with Crippen molar-refractivity contribution in [1.29, 1.82) is 0 Å². The summed E-state index contributed by atoms with van der Waals surface area (Å²) in [5, 5.41) is 8.09. The predicted molar refractivity (Wildman–Crippen MR) is 56.1 cm³/mol. The highest BCUT2D eigenvalue weighted by Gasteiger charge is 2.12. The Bertz CT molecular complexity index is 489. The van der Waals surface area contributed by atoms with Crippen molar-refractivity contribution in [3.8, 4) is 5.69 Å². The Morgan fingerprint density at radius 3 is 2.53 bits per heavy atom. The summed E-state index contributed by atoms with van der Waals surface area (Å²) in [7, 11) is 0. The summed E-state index contributed by atoms with van der Waals surface area (Å²) in [5.74, 6) is 0.0194. The number of hydrogen-bond donors (Lipinski definition) is 0. The van der Waals surface area contributed by atoms with E-state index < -0.39 is 0 Å². The van der Waals surface area contributed by atoms with Gasteiger partial charge in [0, 0.05) is 5.56 Å². The van der Waals surface area contributed by atoms with Crippen LogP contribution in [0.5, 0.6) is 0 Å². The van der Waals surface area contributed by atoms with Crippen LogP contribution >= 0.6 is 0 Å². The van der Waals surface area contributed by atoms with Gasteiger partial charge in [-0.2, -0.15) is 15.0 Å². The Morgan fingerprint density at radius 2 is 1.93 bits per heavy atom. The van der Waals surface area contributed by atoms with Crippen molar-refractivity contribution in [1.82, 2.24) is 15.0 Å². The molecule has 76 valence electrons. The van der Waals surface area contributed by atoms with Crippen molar-refractivity contribution in [2.45, 2.75) is 13.8 Å². The van der Waals surface area contributed by atoms with Crippen LogP contribution in [0.1, 0.15) is 22.8 Å². The Morgan fingerprint density at radius 1 is 1.27 bits per heavy atom. The lowest BCUT2D eigenvalue weighted by Crippen LogP contribution is -2.08. The zero-order valence-electron chi connectivity index (χ0n) is 8.64. The van der Waals surface area contributed by atoms with Crippen molar-refractivity contribution in [3.63, 3.8) is 0 Å². The molecule has 0 atom stereocenters. The van der Waals surface area contributed by atoms with E-state index in [0.717, 1.165) is 11.3 Å². The van der Waals surface area contributed by atoms with Gasteiger partial charge in [0.15, 0.2) is 5.78 Å². The van der Waals surface area contributed by atoms with E-state index in [-0.39, 0.29) is 5.78 Å². The Labute approximate surface area is 87.5 Å². The highest BCUT2D eigenvalue weighted by Crippen LogP contribution is 2.17. The van der Waals surface area contributed by atoms with Crippen molar-refractivity contribution in [3.05, 3.63) is 41.7 Å². The molecule has 1 aromatic carbocycles. The molecule has 1 aromatic heterocycles. The molecule has 0 bridgehead atoms. The molecule has 0 saturated carbocycles. The van der Waals surface area contributed by atoms with Gasteiger partial charge >= 0.3 is 0 Å². The lowest BCUT2D eigenvalue weighted by Gasteiger charge is -2.08. The molecule has 1 heterocycles. The van der Waals surface area contributed by atoms with Gasteiger partial charge in [-0.1, -0.05) is 12.1 Å². The van der Waals surface area contributed by atoms with Crippen LogP contribution in [0.3, 0.4) is 0 Å². The predicted octanol–water partition coefficient (Wildman–Crippen LogP) is 1.78. The quantitative estimate of drug-likeness (QED) is 0.696. The van der Waals surface area contributed by atoms with E-state index in [4.69, 9.17) is 0 Å². The average molecular weight is 201 g/mol. The van der Waals surface area contributed by atoms with E-state index in [1.54, 1.807) is 25.4 Å². The van der Waals surface area contributed by atoms with Gasteiger partial charge in [0.05, 0.1) is 18.1 Å². The first kappa shape index (κ1) is 9.58. The largest absolute Gasteiger partial charge is 0.294 e. The summed E-state index contributed by atoms with van der Waals surface area (Å²) >= 11 is 0. The van der Waals surface area contributed by atoms with Gasteiger partial charge in [-0.3, -0.25) is 4.79 Å². The maximum atomic E-state index is 11.4. The lowest BCUT2D eigenvalue weighted by atomic mass is 10.1. The number of nitrogens with zero attached hydrogens (tertiary/aromatic N) is 3. The molecule has 0 N–H and O–H groups in total. The molecule has 2 rings (SSSR count). The third-order valence-corrected chi connectivity index (χ3v) is 2.24. The van der Waals surface area contributed by atoms with Gasteiger partial charge in [0.25, 0.3) is 0 Å². The highest BCUT2D eigenvalue weighted by molar-refractivity contribution is 5.98. The van der Waals surface area contributed by atoms with Crippen molar-refractivity contribution in [2.24, 2.45) is 0 Å². The van der Waals surface area contributed by atoms with Crippen molar-refractivity contribution in [2.75, 3.05) is 0 Å². The fraction of sp³-hybridized carbons (Fsp3) is 0.182. The molecular weight excluding hydrogens is 190 g/mol. The third-order valence-electron chi connectivity index (χ3n) is 2.24. The van der Waals surface area contributed by atoms with E-state index >= 15 is 0 Å². The number of benzene rings is 1. The molecule has 0 aliphatic carbocycles. The maximum absolute atomic E-state index is 11.4. The van der Waals surface area contributed by atoms with Gasteiger partial charge in [-0.05, 0) is 25.5 Å². The van der Waals surface area contributed by atoms with Gasteiger partial charge < -0.3 is 0 Å². The number of para-hydroxylation sites is 1. The minimum Gasteiger partial charge on any atom is -0.294 e. The third kappa shape index (κ3) is 1.66. The number of carbonyl (C=O) groups is 1. The van der Waals surface area contributed by atoms with Crippen LogP contribution < -0.4 is 0 Å². The Kier molecular flexibility index (Phi) is 2.33. The molecule has 0 unspecified atom stereocenters. The molecule has 0 amide bonds. The molecule has 0 spiro atoms. The van der Waals surface area contributed by atoms with E-state index in [9.17, 15) is 4.79 Å². The Hall–Kier alpha value is -1.97. The normalized spacial score (nSPS) is 10.3. The Balaban J connectivity index is 2.68. The number of Topliss-reactive ketones (excluding diaryl/α,β-unsaturated/α-hetero) is 1. The molecule has 0 aliphatic rings. The second kappa shape index (κ2) is 3.65. The smallest absolute Gasteiger partial charge is 0.162 e. The van der Waals surface area contributed by atoms with Crippen LogP contribution in [0.15, 0.2) is 30.6 Å². The zero-order valence-corrected chi connectivity index (χ0v) is 8.64. The first-order chi connectivity index (χ1) is 7.20. The molecule has 0 saturated heterocycles. The van der Waals surface area contributed by atoms with Crippen LogP contribution in [-0.4, -0.2) is 20.8 Å². The zero-order chi connectivity index (χ0) is 10.8. The van der Waals surface area contributed by atoms with Crippen LogP contribution in [0.25, 0.3) is 5.69 Å². The molecule has 0 aliphatic heterocycles. The van der Waals surface area contributed by atoms with Gasteiger partial charge in [-0.15, -0.1) is 0 Å². The van der Waals surface area contributed by atoms with E-state index in [1.165, 1.54) is 4.80 Å². The van der Waals surface area contributed by atoms with Crippen LogP contribution in [0, 0.1) is 6.92 Å². The summed E-state index contributed by atoms with van der Waals surface area (Å²) in [4.78, 5) is 12.9.